The first-order chi connectivity index (χ1) is 12.0. The normalized spacial score (nSPS) is 10.5. The predicted molar refractivity (Wildman–Crippen MR) is 88.4 cm³/mol. The van der Waals surface area contributed by atoms with Crippen LogP contribution < -0.4 is 16.9 Å². The van der Waals surface area contributed by atoms with Crippen LogP contribution in [0.2, 0.25) is 0 Å². The number of nitrogens with one attached hydrogen (secondary N) is 1. The SMILES string of the molecule is NCCCCC(N)C(=O)OCC#CC#CCCC(=O)NOCC(=O)O. The van der Waals surface area contributed by atoms with E-state index in [0.29, 0.717) is 13.0 Å². The van der Waals surface area contributed by atoms with E-state index in [1.807, 2.05) is 5.48 Å². The van der Waals surface area contributed by atoms with Crippen LogP contribution in [0.3, 0.4) is 0 Å². The molecule has 0 radical (unpaired) electrons. The van der Waals surface area contributed by atoms with Crippen LogP contribution in [0.1, 0.15) is 32.1 Å². The summed E-state index contributed by atoms with van der Waals surface area (Å²) in [5, 5.41) is 8.30. The summed E-state index contributed by atoms with van der Waals surface area (Å²) < 4.78 is 4.88. The number of carboxylic acid groups (broad SMARTS) is 1. The van der Waals surface area contributed by atoms with Crippen LogP contribution in [0.25, 0.3) is 0 Å². The number of rotatable bonds is 11. The highest BCUT2D eigenvalue weighted by atomic mass is 16.7. The largest absolute Gasteiger partial charge is 0.479 e. The van der Waals surface area contributed by atoms with E-state index in [4.69, 9.17) is 21.3 Å². The Morgan fingerprint density at radius 3 is 2.56 bits per heavy atom. The van der Waals surface area contributed by atoms with Gasteiger partial charge >= 0.3 is 11.9 Å². The summed E-state index contributed by atoms with van der Waals surface area (Å²) in [4.78, 5) is 37.2. The number of carbonyl (C=O) groups excluding carboxylic acids is 2. The molecule has 0 heterocycles. The van der Waals surface area contributed by atoms with E-state index >= 15 is 0 Å². The van der Waals surface area contributed by atoms with Gasteiger partial charge in [-0.3, -0.25) is 14.4 Å². The molecule has 0 aromatic rings. The van der Waals surface area contributed by atoms with E-state index in [2.05, 4.69) is 28.5 Å². The van der Waals surface area contributed by atoms with Crippen molar-refractivity contribution in [1.82, 2.24) is 5.48 Å². The molecule has 6 N–H and O–H groups in total. The number of carbonyl (C=O) groups is 3. The van der Waals surface area contributed by atoms with Crippen LogP contribution in [0, 0.1) is 23.7 Å². The summed E-state index contributed by atoms with van der Waals surface area (Å²) in [7, 11) is 0. The number of nitrogens with two attached hydrogens (primary N) is 2. The molecule has 9 heteroatoms. The number of hydroxylamine groups is 1. The molecular weight excluding hydrogens is 330 g/mol. The molecule has 0 aromatic carbocycles. The molecule has 0 bridgehead atoms. The smallest absolute Gasteiger partial charge is 0.332 e. The molecule has 0 fully saturated rings. The minimum atomic E-state index is -1.19. The quantitative estimate of drug-likeness (QED) is 0.158. The first-order valence-corrected chi connectivity index (χ1v) is 7.67. The molecule has 0 aromatic heterocycles. The maximum Gasteiger partial charge on any atom is 0.332 e. The summed E-state index contributed by atoms with van der Waals surface area (Å²) in [6.45, 7) is -0.164. The van der Waals surface area contributed by atoms with Crippen LogP contribution in [-0.4, -0.2) is 48.8 Å². The molecule has 0 aliphatic carbocycles. The number of hydrogen-bond donors (Lipinski definition) is 4. The molecule has 0 saturated heterocycles. The van der Waals surface area contributed by atoms with Gasteiger partial charge in [-0.15, -0.1) is 0 Å². The summed E-state index contributed by atoms with van der Waals surface area (Å²) in [5.41, 5.74) is 13.0. The summed E-state index contributed by atoms with van der Waals surface area (Å²) in [6, 6.07) is -0.679. The Balaban J connectivity index is 3.80. The fourth-order valence-electron chi connectivity index (χ4n) is 1.43. The van der Waals surface area contributed by atoms with Crippen LogP contribution in [-0.2, 0) is 24.0 Å². The van der Waals surface area contributed by atoms with E-state index in [-0.39, 0.29) is 19.4 Å². The molecule has 0 aliphatic rings. The lowest BCUT2D eigenvalue weighted by atomic mass is 10.1. The Bertz CT molecular complexity index is 556. The second-order valence-electron chi connectivity index (χ2n) is 4.81. The Hall–Kier alpha value is -2.59. The maximum absolute atomic E-state index is 11.5. The number of aliphatic carboxylic acids is 1. The Morgan fingerprint density at radius 2 is 1.88 bits per heavy atom. The van der Waals surface area contributed by atoms with Crippen molar-refractivity contribution in [3.63, 3.8) is 0 Å². The van der Waals surface area contributed by atoms with Gasteiger partial charge in [0.2, 0.25) is 5.91 Å². The Morgan fingerprint density at radius 1 is 1.16 bits per heavy atom. The lowest BCUT2D eigenvalue weighted by molar-refractivity contribution is -0.149. The van der Waals surface area contributed by atoms with Gasteiger partial charge in [0.05, 0.1) is 0 Å². The number of unbranched alkanes of at least 4 members (excludes halogenated alkanes) is 1. The van der Waals surface area contributed by atoms with Gasteiger partial charge in [-0.1, -0.05) is 12.3 Å². The molecule has 0 aliphatic heterocycles. The van der Waals surface area contributed by atoms with Crippen molar-refractivity contribution in [2.45, 2.75) is 38.1 Å². The van der Waals surface area contributed by atoms with Gasteiger partial charge in [0.1, 0.15) is 6.04 Å². The molecule has 1 atom stereocenters. The van der Waals surface area contributed by atoms with Gasteiger partial charge in [0.15, 0.2) is 13.2 Å². The Kier molecular flexibility index (Phi) is 13.4. The molecular formula is C16H23N3O6. The monoisotopic (exact) mass is 353 g/mol. The standard InChI is InChI=1S/C16H23N3O6/c17-10-6-5-8-13(18)16(23)24-11-7-3-1-2-4-9-14(20)19-25-12-15(21)22/h13H,4-6,8-12,17-18H2,(H,19,20)(H,21,22). The topological polar surface area (TPSA) is 154 Å². The van der Waals surface area contributed by atoms with Crippen LogP contribution in [0.15, 0.2) is 0 Å². The molecule has 1 unspecified atom stereocenters. The molecule has 0 spiro atoms. The van der Waals surface area contributed by atoms with Gasteiger partial charge in [-0.25, -0.2) is 10.3 Å². The number of hydrogen-bond acceptors (Lipinski definition) is 7. The third-order valence-corrected chi connectivity index (χ3v) is 2.66. The average molecular weight is 353 g/mol. The van der Waals surface area contributed by atoms with Crippen LogP contribution in [0.4, 0.5) is 0 Å². The first kappa shape index (κ1) is 22.4. The number of carboxylic acids is 1. The zero-order valence-corrected chi connectivity index (χ0v) is 13.9. The number of amides is 1. The number of esters is 1. The highest BCUT2D eigenvalue weighted by Gasteiger charge is 2.13. The van der Waals surface area contributed by atoms with Crippen LogP contribution >= 0.6 is 0 Å². The second-order valence-corrected chi connectivity index (χ2v) is 4.81. The van der Waals surface area contributed by atoms with Crippen LogP contribution in [0.5, 0.6) is 0 Å². The summed E-state index contributed by atoms with van der Waals surface area (Å²) >= 11 is 0. The molecule has 0 saturated carbocycles. The predicted octanol–water partition coefficient (Wildman–Crippen LogP) is -1.09. The van der Waals surface area contributed by atoms with Crippen molar-refractivity contribution in [2.75, 3.05) is 19.8 Å². The van der Waals surface area contributed by atoms with Crippen molar-refractivity contribution in [3.8, 4) is 23.7 Å². The van der Waals surface area contributed by atoms with Gasteiger partial charge in [0, 0.05) is 12.8 Å². The maximum atomic E-state index is 11.5. The molecule has 138 valence electrons. The minimum Gasteiger partial charge on any atom is -0.479 e. The molecule has 1 amide bonds. The van der Waals surface area contributed by atoms with E-state index in [9.17, 15) is 14.4 Å². The van der Waals surface area contributed by atoms with E-state index in [0.717, 1.165) is 12.8 Å². The highest BCUT2D eigenvalue weighted by molar-refractivity contribution is 5.76. The van der Waals surface area contributed by atoms with Gasteiger partial charge in [-0.2, -0.15) is 0 Å². The van der Waals surface area contributed by atoms with Gasteiger partial charge in [0.25, 0.3) is 0 Å². The van der Waals surface area contributed by atoms with Gasteiger partial charge < -0.3 is 21.3 Å². The third-order valence-electron chi connectivity index (χ3n) is 2.66. The van der Waals surface area contributed by atoms with E-state index in [1.165, 1.54) is 0 Å². The van der Waals surface area contributed by atoms with Gasteiger partial charge in [-0.05, 0) is 37.1 Å². The summed E-state index contributed by atoms with van der Waals surface area (Å²) in [6.07, 6.45) is 2.35. The average Bonchev–Trinajstić information content (AvgIpc) is 2.56. The molecule has 9 nitrogen and oxygen atoms in total. The lowest BCUT2D eigenvalue weighted by Gasteiger charge is -2.08. The van der Waals surface area contributed by atoms with Crippen molar-refractivity contribution < 1.29 is 29.1 Å². The zero-order valence-electron chi connectivity index (χ0n) is 13.9. The lowest BCUT2D eigenvalue weighted by Crippen LogP contribution is -2.32. The van der Waals surface area contributed by atoms with E-state index in [1.54, 1.807) is 0 Å². The second kappa shape index (κ2) is 15.0. The fraction of sp³-hybridized carbons (Fsp3) is 0.562. The van der Waals surface area contributed by atoms with Crippen molar-refractivity contribution in [2.24, 2.45) is 11.5 Å². The highest BCUT2D eigenvalue weighted by Crippen LogP contribution is 1.99. The fourth-order valence-corrected chi connectivity index (χ4v) is 1.43. The zero-order chi connectivity index (χ0) is 18.9. The number of ether oxygens (including phenoxy) is 1. The molecule has 0 rings (SSSR count). The van der Waals surface area contributed by atoms with E-state index < -0.39 is 30.5 Å². The van der Waals surface area contributed by atoms with Crippen molar-refractivity contribution in [3.05, 3.63) is 0 Å². The van der Waals surface area contributed by atoms with Crippen molar-refractivity contribution >= 4 is 17.8 Å². The Labute approximate surface area is 146 Å². The minimum absolute atomic E-state index is 0.0426. The van der Waals surface area contributed by atoms with Crippen molar-refractivity contribution in [1.29, 1.82) is 0 Å². The third kappa shape index (κ3) is 14.7. The summed E-state index contributed by atoms with van der Waals surface area (Å²) in [5.74, 6) is 7.95. The molecule has 25 heavy (non-hydrogen) atoms. The first-order valence-electron chi connectivity index (χ1n) is 7.67.